The van der Waals surface area contributed by atoms with Crippen molar-refractivity contribution in [2.24, 2.45) is 11.1 Å². The molecule has 3 aromatic rings. The largest absolute Gasteiger partial charge is 0.382 e. The van der Waals surface area contributed by atoms with E-state index in [0.29, 0.717) is 12.4 Å². The normalized spacial score (nSPS) is 21.2. The van der Waals surface area contributed by atoms with Gasteiger partial charge in [-0.15, -0.1) is 0 Å². The van der Waals surface area contributed by atoms with Crippen LogP contribution >= 0.6 is 0 Å². The third-order valence-electron chi connectivity index (χ3n) is 7.48. The van der Waals surface area contributed by atoms with Gasteiger partial charge in [-0.1, -0.05) is 6.07 Å². The molecule has 0 unspecified atom stereocenters. The van der Waals surface area contributed by atoms with E-state index in [1.807, 2.05) is 23.0 Å². The Hall–Kier alpha value is -3.53. The molecule has 4 N–H and O–H groups in total. The summed E-state index contributed by atoms with van der Waals surface area (Å²) < 4.78 is 1.82. The number of aromatic nitrogens is 5. The van der Waals surface area contributed by atoms with Crippen LogP contribution in [-0.4, -0.2) is 50.3 Å². The van der Waals surface area contributed by atoms with Crippen LogP contribution in [0.15, 0.2) is 36.8 Å². The Morgan fingerprint density at radius 3 is 2.73 bits per heavy atom. The van der Waals surface area contributed by atoms with Crippen molar-refractivity contribution in [2.75, 3.05) is 35.2 Å². The number of anilines is 3. The van der Waals surface area contributed by atoms with Gasteiger partial charge in [-0.2, -0.15) is 5.10 Å². The van der Waals surface area contributed by atoms with Gasteiger partial charge in [-0.25, -0.2) is 14.6 Å². The minimum Gasteiger partial charge on any atom is -0.382 e. The molecule has 10 heteroatoms. The molecule has 1 fully saturated rings. The number of amides is 1. The molecule has 0 saturated carbocycles. The van der Waals surface area contributed by atoms with Gasteiger partial charge in [0.1, 0.15) is 11.6 Å². The standard InChI is InChI=1S/C23H27N9O/c24-20-15-3-1-7-26-16(15)13-23(20)5-11-30(12-6-23)17-14-27-19(21(25)29-17)22(33)31-9-2-10-32-18(31)4-8-28-32/h1,3-4,7-8,14,20H,2,5-6,9-13,24H2,(H2,25,29)/t20-/m1/s1. The fourth-order valence-electron chi connectivity index (χ4n) is 5.59. The summed E-state index contributed by atoms with van der Waals surface area (Å²) in [7, 11) is 0. The number of fused-ring (bicyclic) bond motifs is 2. The molecule has 0 bridgehead atoms. The van der Waals surface area contributed by atoms with Crippen LogP contribution in [0.2, 0.25) is 0 Å². The Labute approximate surface area is 191 Å². The Morgan fingerprint density at radius 2 is 1.94 bits per heavy atom. The van der Waals surface area contributed by atoms with Crippen LogP contribution < -0.4 is 21.3 Å². The van der Waals surface area contributed by atoms with Crippen LogP contribution in [0.5, 0.6) is 0 Å². The highest BCUT2D eigenvalue weighted by atomic mass is 16.2. The van der Waals surface area contributed by atoms with Gasteiger partial charge in [-0.05, 0) is 42.7 Å². The minimum absolute atomic E-state index is 0.0116. The number of hydrogen-bond donors (Lipinski definition) is 2. The first-order valence-electron chi connectivity index (χ1n) is 11.5. The molecule has 1 atom stereocenters. The molecular weight excluding hydrogens is 418 g/mol. The summed E-state index contributed by atoms with van der Waals surface area (Å²) in [4.78, 5) is 30.6. The Kier molecular flexibility index (Phi) is 4.58. The molecule has 1 aliphatic carbocycles. The number of rotatable bonds is 2. The van der Waals surface area contributed by atoms with E-state index in [4.69, 9.17) is 11.5 Å². The molecule has 0 aromatic carbocycles. The summed E-state index contributed by atoms with van der Waals surface area (Å²) >= 11 is 0. The molecule has 1 saturated heterocycles. The maximum Gasteiger partial charge on any atom is 0.281 e. The van der Waals surface area contributed by atoms with Crippen LogP contribution in [0.4, 0.5) is 17.5 Å². The highest BCUT2D eigenvalue weighted by molar-refractivity contribution is 6.07. The van der Waals surface area contributed by atoms with Gasteiger partial charge in [0, 0.05) is 50.2 Å². The fourth-order valence-corrected chi connectivity index (χ4v) is 5.59. The number of carbonyl (C=O) groups is 1. The molecule has 170 valence electrons. The van der Waals surface area contributed by atoms with Gasteiger partial charge in [0.05, 0.1) is 12.4 Å². The van der Waals surface area contributed by atoms with Gasteiger partial charge in [0.25, 0.3) is 5.91 Å². The average molecular weight is 446 g/mol. The lowest BCUT2D eigenvalue weighted by atomic mass is 9.73. The van der Waals surface area contributed by atoms with Gasteiger partial charge in [0.2, 0.25) is 0 Å². The first kappa shape index (κ1) is 20.1. The monoisotopic (exact) mass is 445 g/mol. The number of nitrogen functional groups attached to an aromatic ring is 1. The van der Waals surface area contributed by atoms with Crippen molar-refractivity contribution in [3.63, 3.8) is 0 Å². The molecule has 1 amide bonds. The summed E-state index contributed by atoms with van der Waals surface area (Å²) in [5.74, 6) is 1.38. The smallest absolute Gasteiger partial charge is 0.281 e. The number of piperidine rings is 1. The molecule has 3 aliphatic rings. The fraction of sp³-hybridized carbons (Fsp3) is 0.435. The lowest BCUT2D eigenvalue weighted by Gasteiger charge is -2.42. The van der Waals surface area contributed by atoms with Gasteiger partial charge in [0.15, 0.2) is 11.5 Å². The Balaban J connectivity index is 1.18. The average Bonchev–Trinajstić information content (AvgIpc) is 3.42. The van der Waals surface area contributed by atoms with Crippen LogP contribution in [0.3, 0.4) is 0 Å². The molecule has 2 aliphatic heterocycles. The van der Waals surface area contributed by atoms with E-state index in [2.05, 4.69) is 31.0 Å². The van der Waals surface area contributed by atoms with Gasteiger partial charge < -0.3 is 16.4 Å². The number of carbonyl (C=O) groups excluding carboxylic acids is 1. The number of pyridine rings is 1. The lowest BCUT2D eigenvalue weighted by Crippen LogP contribution is -2.44. The van der Waals surface area contributed by atoms with E-state index in [-0.39, 0.29) is 28.9 Å². The third-order valence-corrected chi connectivity index (χ3v) is 7.48. The maximum atomic E-state index is 13.2. The summed E-state index contributed by atoms with van der Waals surface area (Å²) in [5, 5.41) is 4.27. The van der Waals surface area contributed by atoms with E-state index < -0.39 is 0 Å². The highest BCUT2D eigenvalue weighted by Gasteiger charge is 2.46. The summed E-state index contributed by atoms with van der Waals surface area (Å²) in [6.45, 7) is 3.04. The van der Waals surface area contributed by atoms with Crippen LogP contribution in [0.1, 0.15) is 47.1 Å². The summed E-state index contributed by atoms with van der Waals surface area (Å²) in [5.41, 5.74) is 15.4. The first-order valence-corrected chi connectivity index (χ1v) is 11.5. The van der Waals surface area contributed by atoms with Gasteiger partial charge in [-0.3, -0.25) is 14.7 Å². The van der Waals surface area contributed by atoms with Crippen molar-refractivity contribution in [3.8, 4) is 0 Å². The second kappa shape index (κ2) is 7.51. The summed E-state index contributed by atoms with van der Waals surface area (Å²) in [6, 6.07) is 5.91. The quantitative estimate of drug-likeness (QED) is 0.607. The van der Waals surface area contributed by atoms with Crippen molar-refractivity contribution >= 4 is 23.4 Å². The second-order valence-corrected chi connectivity index (χ2v) is 9.23. The molecule has 10 nitrogen and oxygen atoms in total. The maximum absolute atomic E-state index is 13.2. The molecule has 1 spiro atoms. The predicted molar refractivity (Wildman–Crippen MR) is 124 cm³/mol. The van der Waals surface area contributed by atoms with Crippen molar-refractivity contribution in [2.45, 2.75) is 38.3 Å². The van der Waals surface area contributed by atoms with E-state index in [1.54, 1.807) is 17.3 Å². The first-order chi connectivity index (χ1) is 16.1. The van der Waals surface area contributed by atoms with Crippen LogP contribution in [0.25, 0.3) is 0 Å². The Morgan fingerprint density at radius 1 is 1.09 bits per heavy atom. The zero-order valence-corrected chi connectivity index (χ0v) is 18.4. The van der Waals surface area contributed by atoms with Crippen LogP contribution in [-0.2, 0) is 13.0 Å². The number of nitrogens with two attached hydrogens (primary N) is 2. The van der Waals surface area contributed by atoms with Crippen molar-refractivity contribution in [3.05, 3.63) is 53.7 Å². The number of nitrogens with zero attached hydrogens (tertiary/aromatic N) is 7. The van der Waals surface area contributed by atoms with E-state index >= 15 is 0 Å². The van der Waals surface area contributed by atoms with Crippen molar-refractivity contribution in [1.29, 1.82) is 0 Å². The second-order valence-electron chi connectivity index (χ2n) is 9.23. The lowest BCUT2D eigenvalue weighted by molar-refractivity contribution is 0.0977. The zero-order chi connectivity index (χ0) is 22.6. The van der Waals surface area contributed by atoms with Gasteiger partial charge >= 0.3 is 0 Å². The molecule has 0 radical (unpaired) electrons. The molecule has 3 aromatic heterocycles. The highest BCUT2D eigenvalue weighted by Crippen LogP contribution is 2.50. The molecule has 5 heterocycles. The minimum atomic E-state index is -0.243. The zero-order valence-electron chi connectivity index (χ0n) is 18.4. The van der Waals surface area contributed by atoms with E-state index in [9.17, 15) is 4.79 Å². The van der Waals surface area contributed by atoms with E-state index in [0.717, 1.165) is 56.8 Å². The number of hydrogen-bond acceptors (Lipinski definition) is 8. The van der Waals surface area contributed by atoms with Crippen molar-refractivity contribution in [1.82, 2.24) is 24.7 Å². The molecule has 33 heavy (non-hydrogen) atoms. The Bertz CT molecular complexity index is 1210. The van der Waals surface area contributed by atoms with Crippen molar-refractivity contribution < 1.29 is 4.79 Å². The third kappa shape index (κ3) is 3.16. The predicted octanol–water partition coefficient (Wildman–Crippen LogP) is 1.54. The van der Waals surface area contributed by atoms with Crippen LogP contribution in [0, 0.1) is 5.41 Å². The molecule has 6 rings (SSSR count). The topological polar surface area (TPSA) is 132 Å². The molecular formula is C23H27N9O. The number of aryl methyl sites for hydroxylation is 1. The van der Waals surface area contributed by atoms with E-state index in [1.165, 1.54) is 5.56 Å². The SMILES string of the molecule is Nc1nc(N2CCC3(CC2)Cc2ncccc2[C@H]3N)cnc1C(=O)N1CCCn2nccc21. The summed E-state index contributed by atoms with van der Waals surface area (Å²) in [6.07, 6.45) is 8.86.